The van der Waals surface area contributed by atoms with Gasteiger partial charge in [-0.25, -0.2) is 0 Å². The highest BCUT2D eigenvalue weighted by atomic mass is 35.5. The van der Waals surface area contributed by atoms with E-state index in [1.807, 2.05) is 29.2 Å². The van der Waals surface area contributed by atoms with Crippen molar-refractivity contribution in [1.82, 2.24) is 4.90 Å². The van der Waals surface area contributed by atoms with E-state index >= 15 is 0 Å². The Balaban J connectivity index is 2.11. The predicted octanol–water partition coefficient (Wildman–Crippen LogP) is 3.38. The number of carbonyl (C=O) groups excluding carboxylic acids is 1. The largest absolute Gasteiger partial charge is 0.336 e. The van der Waals surface area contributed by atoms with E-state index in [2.05, 4.69) is 6.92 Å². The average molecular weight is 295 g/mol. The van der Waals surface area contributed by atoms with Crippen molar-refractivity contribution in [2.75, 3.05) is 13.1 Å². The second-order valence-electron chi connectivity index (χ2n) is 5.48. The summed E-state index contributed by atoms with van der Waals surface area (Å²) in [4.78, 5) is 14.5. The lowest BCUT2D eigenvalue weighted by Crippen LogP contribution is -2.33. The third-order valence-corrected chi connectivity index (χ3v) is 4.56. The predicted molar refractivity (Wildman–Crippen MR) is 82.6 cm³/mol. The molecule has 2 unspecified atom stereocenters. The van der Waals surface area contributed by atoms with Crippen LogP contribution in [0.25, 0.3) is 0 Å². The third-order valence-electron chi connectivity index (χ3n) is 4.21. The Morgan fingerprint density at radius 1 is 1.50 bits per heavy atom. The summed E-state index contributed by atoms with van der Waals surface area (Å²) in [7, 11) is 0. The van der Waals surface area contributed by atoms with Crippen molar-refractivity contribution in [2.24, 2.45) is 11.7 Å². The number of rotatable bonds is 5. The maximum atomic E-state index is 12.5. The second-order valence-corrected chi connectivity index (χ2v) is 5.89. The normalized spacial score (nSPS) is 20.1. The molecule has 0 saturated carbocycles. The highest BCUT2D eigenvalue weighted by molar-refractivity contribution is 6.31. The highest BCUT2D eigenvalue weighted by Gasteiger charge is 2.31. The molecule has 0 radical (unpaired) electrons. The smallest absolute Gasteiger partial charge is 0.223 e. The van der Waals surface area contributed by atoms with Crippen molar-refractivity contribution in [2.45, 2.75) is 38.6 Å². The van der Waals surface area contributed by atoms with Crippen LogP contribution in [0.15, 0.2) is 24.3 Å². The quantitative estimate of drug-likeness (QED) is 0.905. The maximum absolute atomic E-state index is 12.5. The van der Waals surface area contributed by atoms with Gasteiger partial charge in [0.1, 0.15) is 0 Å². The maximum Gasteiger partial charge on any atom is 0.223 e. The number of hydrogen-bond donors (Lipinski definition) is 1. The Morgan fingerprint density at radius 2 is 2.25 bits per heavy atom. The first-order chi connectivity index (χ1) is 9.67. The van der Waals surface area contributed by atoms with Crippen molar-refractivity contribution in [1.29, 1.82) is 0 Å². The van der Waals surface area contributed by atoms with Crippen molar-refractivity contribution < 1.29 is 4.79 Å². The van der Waals surface area contributed by atoms with E-state index in [-0.39, 0.29) is 17.9 Å². The average Bonchev–Trinajstić information content (AvgIpc) is 2.94. The molecule has 2 rings (SSSR count). The summed E-state index contributed by atoms with van der Waals surface area (Å²) in [5.41, 5.74) is 6.78. The zero-order valence-electron chi connectivity index (χ0n) is 12.0. The Hall–Kier alpha value is -1.06. The van der Waals surface area contributed by atoms with E-state index < -0.39 is 0 Å². The Bertz CT molecular complexity index is 460. The van der Waals surface area contributed by atoms with Crippen LogP contribution in [0.5, 0.6) is 0 Å². The molecule has 2 N–H and O–H groups in total. The fraction of sp³-hybridized carbons (Fsp3) is 0.562. The fourth-order valence-electron chi connectivity index (χ4n) is 2.89. The van der Waals surface area contributed by atoms with Gasteiger partial charge in [-0.15, -0.1) is 0 Å². The number of nitrogens with zero attached hydrogens (tertiary/aromatic N) is 1. The summed E-state index contributed by atoms with van der Waals surface area (Å²) in [5.74, 6) is 0.500. The van der Waals surface area contributed by atoms with E-state index in [0.29, 0.717) is 13.0 Å². The molecule has 3 nitrogen and oxygen atoms in total. The lowest BCUT2D eigenvalue weighted by atomic mass is 10.0. The van der Waals surface area contributed by atoms with Gasteiger partial charge in [-0.1, -0.05) is 43.1 Å². The topological polar surface area (TPSA) is 46.3 Å². The minimum Gasteiger partial charge on any atom is -0.336 e. The summed E-state index contributed by atoms with van der Waals surface area (Å²) < 4.78 is 0. The van der Waals surface area contributed by atoms with E-state index in [0.717, 1.165) is 36.4 Å². The molecule has 0 spiro atoms. The first-order valence-electron chi connectivity index (χ1n) is 7.41. The molecule has 0 aliphatic carbocycles. The molecular formula is C16H23ClN2O. The molecule has 1 amide bonds. The summed E-state index contributed by atoms with van der Waals surface area (Å²) in [6, 6.07) is 7.96. The molecule has 1 aromatic carbocycles. The minimum absolute atomic E-state index is 0.131. The van der Waals surface area contributed by atoms with Crippen LogP contribution in [0, 0.1) is 5.92 Å². The number of hydrogen-bond acceptors (Lipinski definition) is 2. The van der Waals surface area contributed by atoms with E-state index in [4.69, 9.17) is 17.3 Å². The van der Waals surface area contributed by atoms with Gasteiger partial charge in [0.25, 0.3) is 0 Å². The molecular weight excluding hydrogens is 272 g/mol. The molecule has 1 aromatic rings. The summed E-state index contributed by atoms with van der Waals surface area (Å²) in [6.45, 7) is 3.49. The summed E-state index contributed by atoms with van der Waals surface area (Å²) in [6.07, 6.45) is 3.54. The monoisotopic (exact) mass is 294 g/mol. The molecule has 1 aliphatic rings. The fourth-order valence-corrected chi connectivity index (χ4v) is 3.15. The van der Waals surface area contributed by atoms with E-state index in [1.165, 1.54) is 0 Å². The van der Waals surface area contributed by atoms with Gasteiger partial charge >= 0.3 is 0 Å². The van der Waals surface area contributed by atoms with Crippen LogP contribution in [0.3, 0.4) is 0 Å². The minimum atomic E-state index is 0.131. The molecule has 0 bridgehead atoms. The van der Waals surface area contributed by atoms with Crippen LogP contribution in [-0.2, 0) is 4.79 Å². The Labute approximate surface area is 126 Å². The molecule has 0 aromatic heterocycles. The Kier molecular flexibility index (Phi) is 5.44. The molecule has 1 aliphatic heterocycles. The van der Waals surface area contributed by atoms with Crippen LogP contribution in [0.2, 0.25) is 5.02 Å². The van der Waals surface area contributed by atoms with Crippen molar-refractivity contribution in [3.63, 3.8) is 0 Å². The van der Waals surface area contributed by atoms with Crippen LogP contribution in [-0.4, -0.2) is 23.9 Å². The summed E-state index contributed by atoms with van der Waals surface area (Å²) >= 11 is 6.28. The van der Waals surface area contributed by atoms with Gasteiger partial charge in [0, 0.05) is 18.0 Å². The molecule has 2 atom stereocenters. The van der Waals surface area contributed by atoms with Crippen LogP contribution in [0.4, 0.5) is 0 Å². The number of carbonyl (C=O) groups is 1. The van der Waals surface area contributed by atoms with Gasteiger partial charge in [0.2, 0.25) is 5.91 Å². The van der Waals surface area contributed by atoms with E-state index in [9.17, 15) is 4.79 Å². The lowest BCUT2D eigenvalue weighted by Gasteiger charge is -2.27. The standard InChI is InChI=1S/C16H23ClN2O/c1-2-12(11-18)10-16(20)19-9-5-8-15(19)13-6-3-4-7-14(13)17/h3-4,6-7,12,15H,2,5,8-11,18H2,1H3. The number of likely N-dealkylation sites (tertiary alicyclic amines) is 1. The van der Waals surface area contributed by atoms with Gasteiger partial charge < -0.3 is 10.6 Å². The first-order valence-corrected chi connectivity index (χ1v) is 7.79. The van der Waals surface area contributed by atoms with Gasteiger partial charge in [0.15, 0.2) is 0 Å². The number of halogens is 1. The van der Waals surface area contributed by atoms with Crippen LogP contribution in [0.1, 0.15) is 44.2 Å². The second kappa shape index (κ2) is 7.09. The van der Waals surface area contributed by atoms with Gasteiger partial charge in [-0.3, -0.25) is 4.79 Å². The highest BCUT2D eigenvalue weighted by Crippen LogP contribution is 2.36. The van der Waals surface area contributed by atoms with Crippen LogP contribution >= 0.6 is 11.6 Å². The zero-order valence-corrected chi connectivity index (χ0v) is 12.8. The first kappa shape index (κ1) is 15.3. The molecule has 110 valence electrons. The van der Waals surface area contributed by atoms with E-state index in [1.54, 1.807) is 0 Å². The zero-order chi connectivity index (χ0) is 14.5. The summed E-state index contributed by atoms with van der Waals surface area (Å²) in [5, 5.41) is 0.753. The molecule has 1 fully saturated rings. The van der Waals surface area contributed by atoms with Gasteiger partial charge in [-0.2, -0.15) is 0 Å². The van der Waals surface area contributed by atoms with Crippen LogP contribution < -0.4 is 5.73 Å². The Morgan fingerprint density at radius 3 is 2.90 bits per heavy atom. The van der Waals surface area contributed by atoms with Gasteiger partial charge in [0.05, 0.1) is 6.04 Å². The lowest BCUT2D eigenvalue weighted by molar-refractivity contribution is -0.133. The van der Waals surface area contributed by atoms with Gasteiger partial charge in [-0.05, 0) is 36.9 Å². The van der Waals surface area contributed by atoms with Crippen molar-refractivity contribution >= 4 is 17.5 Å². The number of amides is 1. The molecule has 4 heteroatoms. The van der Waals surface area contributed by atoms with Crippen molar-refractivity contribution in [3.8, 4) is 0 Å². The third kappa shape index (κ3) is 3.33. The molecule has 1 heterocycles. The SMILES string of the molecule is CCC(CN)CC(=O)N1CCCC1c1ccccc1Cl. The number of benzene rings is 1. The number of nitrogens with two attached hydrogens (primary N) is 1. The molecule has 20 heavy (non-hydrogen) atoms. The van der Waals surface area contributed by atoms with Crippen molar-refractivity contribution in [3.05, 3.63) is 34.9 Å². The molecule has 1 saturated heterocycles.